The fraction of sp³-hybridized carbons (Fsp3) is 0.333. The maximum Gasteiger partial charge on any atom is 0.194 e. The number of hydrazine groups is 2. The molecular formula is C3H11B2N3O2P2. The van der Waals surface area contributed by atoms with Gasteiger partial charge in [0.25, 0.3) is 0 Å². The largest absolute Gasteiger partial charge is 0.306 e. The summed E-state index contributed by atoms with van der Waals surface area (Å²) < 4.78 is 1.57. The van der Waals surface area contributed by atoms with E-state index in [1.54, 1.807) is 11.6 Å². The third-order valence-electron chi connectivity index (χ3n) is 0.762. The first-order valence-electron chi connectivity index (χ1n) is 3.33. The molecule has 0 heterocycles. The molecule has 0 radical (unpaired) electrons. The van der Waals surface area contributed by atoms with Gasteiger partial charge in [0, 0.05) is 17.5 Å². The zero-order valence-electron chi connectivity index (χ0n) is 7.26. The van der Waals surface area contributed by atoms with E-state index < -0.39 is 0 Å². The van der Waals surface area contributed by atoms with Gasteiger partial charge in [-0.25, -0.2) is 5.43 Å². The van der Waals surface area contributed by atoms with Gasteiger partial charge in [0.05, 0.1) is 0 Å². The smallest absolute Gasteiger partial charge is 0.194 e. The molecule has 0 fully saturated rings. The second-order valence-electron chi connectivity index (χ2n) is 2.03. The Kier molecular flexibility index (Phi) is 6.81. The molecular weight excluding hydrogens is 194 g/mol. The highest BCUT2D eigenvalue weighted by Crippen LogP contribution is 2.29. The topological polar surface area (TPSA) is 61.4 Å². The summed E-state index contributed by atoms with van der Waals surface area (Å²) in [5.41, 5.74) is 5.47. The molecule has 0 bridgehead atoms. The van der Waals surface area contributed by atoms with Crippen LogP contribution in [0, 0.1) is 0 Å². The van der Waals surface area contributed by atoms with Crippen molar-refractivity contribution in [3.05, 3.63) is 0 Å². The van der Waals surface area contributed by atoms with Crippen LogP contribution in [0.3, 0.4) is 0 Å². The third-order valence-corrected chi connectivity index (χ3v) is 2.73. The second-order valence-corrected chi connectivity index (χ2v) is 5.23. The molecule has 0 aromatic rings. The fourth-order valence-electron chi connectivity index (χ4n) is 0.511. The number of hydrogen-bond acceptors (Lipinski definition) is 5. The molecule has 0 saturated carbocycles. The highest BCUT2D eigenvalue weighted by atomic mass is 31.1. The normalized spacial score (nSPS) is 12.2. The van der Waals surface area contributed by atoms with E-state index in [2.05, 4.69) is 11.0 Å². The van der Waals surface area contributed by atoms with Crippen LogP contribution in [0.4, 0.5) is 9.59 Å². The van der Waals surface area contributed by atoms with Crippen molar-refractivity contribution >= 4 is 44.0 Å². The molecule has 2 unspecified atom stereocenters. The lowest BCUT2D eigenvalue weighted by Gasteiger charge is -2.18. The maximum atomic E-state index is 10.7. The molecule has 0 rings (SSSR count). The van der Waals surface area contributed by atoms with Crippen molar-refractivity contribution in [3.63, 3.8) is 0 Å². The van der Waals surface area contributed by atoms with Crippen LogP contribution in [0.2, 0.25) is 0 Å². The highest BCUT2D eigenvalue weighted by Gasteiger charge is 2.07. The Morgan fingerprint density at radius 3 is 1.92 bits per heavy atom. The molecule has 9 heteroatoms. The van der Waals surface area contributed by atoms with Crippen LogP contribution in [-0.4, -0.2) is 38.1 Å². The average Bonchev–Trinajstić information content (AvgIpc) is 1.84. The molecule has 0 aliphatic carbocycles. The Hall–Kier alpha value is 0.210. The van der Waals surface area contributed by atoms with E-state index in [0.29, 0.717) is 0 Å². The van der Waals surface area contributed by atoms with E-state index in [9.17, 15) is 9.59 Å². The minimum Gasteiger partial charge on any atom is -0.306 e. The molecule has 0 saturated heterocycles. The van der Waals surface area contributed by atoms with Crippen LogP contribution in [0.5, 0.6) is 0 Å². The van der Waals surface area contributed by atoms with E-state index in [4.69, 9.17) is 0 Å². The van der Waals surface area contributed by atoms with Crippen molar-refractivity contribution < 1.29 is 9.59 Å². The summed E-state index contributed by atoms with van der Waals surface area (Å²) in [6, 6.07) is 0. The van der Waals surface area contributed by atoms with Crippen LogP contribution >= 0.6 is 17.5 Å². The molecule has 12 heavy (non-hydrogen) atoms. The van der Waals surface area contributed by atoms with Gasteiger partial charge in [0.15, 0.2) is 15.7 Å². The van der Waals surface area contributed by atoms with Crippen LogP contribution in [0.25, 0.3) is 0 Å². The van der Waals surface area contributed by atoms with Crippen molar-refractivity contribution in [2.24, 2.45) is 0 Å². The fourth-order valence-corrected chi connectivity index (χ4v) is 2.64. The van der Waals surface area contributed by atoms with Gasteiger partial charge in [-0.15, -0.1) is 0 Å². The first-order valence-corrected chi connectivity index (χ1v) is 5.22. The van der Waals surface area contributed by atoms with E-state index in [1.807, 2.05) is 0 Å². The lowest BCUT2D eigenvalue weighted by atomic mass is 10.2. The Balaban J connectivity index is 3.85. The standard InChI is InChI=1S/C3H11B2N3O2P2/c1-6-7-8(11-2(4)9)12-3(5)10/h6-7,11-12H,4-5H2,1H3. The van der Waals surface area contributed by atoms with E-state index in [0.717, 1.165) is 0 Å². The van der Waals surface area contributed by atoms with Crippen molar-refractivity contribution in [3.8, 4) is 0 Å². The van der Waals surface area contributed by atoms with Gasteiger partial charge in [0.2, 0.25) is 0 Å². The lowest BCUT2D eigenvalue weighted by molar-refractivity contribution is 0.274. The zero-order chi connectivity index (χ0) is 9.56. The number of carbonyl (C=O) groups is 2. The van der Waals surface area contributed by atoms with Crippen molar-refractivity contribution in [1.29, 1.82) is 0 Å². The van der Waals surface area contributed by atoms with Gasteiger partial charge in [-0.1, -0.05) is 0 Å². The predicted molar refractivity (Wildman–Crippen MR) is 58.5 cm³/mol. The van der Waals surface area contributed by atoms with Gasteiger partial charge in [-0.3, -0.25) is 0 Å². The predicted octanol–water partition coefficient (Wildman–Crippen LogP) is -1.38. The summed E-state index contributed by atoms with van der Waals surface area (Å²) in [7, 11) is 4.65. The van der Waals surface area contributed by atoms with Gasteiger partial charge in [-0.05, 0) is 7.05 Å². The summed E-state index contributed by atoms with van der Waals surface area (Å²) in [4.78, 5) is 21.4. The molecule has 0 aromatic heterocycles. The van der Waals surface area contributed by atoms with Crippen molar-refractivity contribution in [2.75, 3.05) is 7.05 Å². The Morgan fingerprint density at radius 2 is 1.67 bits per heavy atom. The summed E-state index contributed by atoms with van der Waals surface area (Å²) in [6.07, 6.45) is 0. The molecule has 5 nitrogen and oxygen atoms in total. The summed E-state index contributed by atoms with van der Waals surface area (Å²) in [5, 5.41) is 0. The molecule has 0 aliphatic heterocycles. The summed E-state index contributed by atoms with van der Waals surface area (Å²) in [5.74, 6) is 0. The number of hydrogen-bond donors (Lipinski definition) is 2. The van der Waals surface area contributed by atoms with Crippen LogP contribution in [-0.2, 0) is 0 Å². The molecule has 0 spiro atoms. The third kappa shape index (κ3) is 6.89. The minimum atomic E-state index is -0.00829. The zero-order valence-corrected chi connectivity index (χ0v) is 9.26. The van der Waals surface area contributed by atoms with Gasteiger partial charge < -0.3 is 9.59 Å². The quantitative estimate of drug-likeness (QED) is 0.317. The summed E-state index contributed by atoms with van der Waals surface area (Å²) >= 11 is 0. The van der Waals surface area contributed by atoms with Gasteiger partial charge in [-0.2, -0.15) is 10.1 Å². The monoisotopic (exact) mass is 205 g/mol. The van der Waals surface area contributed by atoms with Crippen molar-refractivity contribution in [1.82, 2.24) is 15.5 Å². The molecule has 66 valence electrons. The average molecular weight is 205 g/mol. The number of carbonyl (C=O) groups excluding carboxylic acids is 2. The number of nitrogens with one attached hydrogen (secondary N) is 2. The van der Waals surface area contributed by atoms with E-state index in [1.165, 1.54) is 15.7 Å². The van der Waals surface area contributed by atoms with Crippen LogP contribution < -0.4 is 11.0 Å². The van der Waals surface area contributed by atoms with E-state index >= 15 is 0 Å². The molecule has 0 amide bonds. The maximum absolute atomic E-state index is 10.7. The van der Waals surface area contributed by atoms with Crippen molar-refractivity contribution in [2.45, 2.75) is 0 Å². The van der Waals surface area contributed by atoms with Crippen LogP contribution in [0.15, 0.2) is 0 Å². The van der Waals surface area contributed by atoms with Crippen LogP contribution in [0.1, 0.15) is 0 Å². The Bertz CT molecular complexity index is 165. The second kappa shape index (κ2) is 6.70. The SMILES string of the molecule is BC(=O)PN(NNC)PC(B)=O. The number of rotatable bonds is 6. The molecule has 0 aliphatic rings. The Morgan fingerprint density at radius 1 is 1.25 bits per heavy atom. The molecule has 2 N–H and O–H groups in total. The number of nitrogens with zero attached hydrogens (tertiary/aromatic N) is 1. The lowest BCUT2D eigenvalue weighted by Crippen LogP contribution is -2.36. The van der Waals surface area contributed by atoms with Gasteiger partial charge in [0.1, 0.15) is 10.8 Å². The molecule has 2 atom stereocenters. The highest BCUT2D eigenvalue weighted by molar-refractivity contribution is 7.74. The Labute approximate surface area is 76.8 Å². The summed E-state index contributed by atoms with van der Waals surface area (Å²) in [6.45, 7) is 0. The molecule has 0 aromatic carbocycles. The first-order chi connectivity index (χ1) is 5.56. The van der Waals surface area contributed by atoms with Gasteiger partial charge >= 0.3 is 0 Å². The minimum absolute atomic E-state index is 0.00829. The first kappa shape index (κ1) is 12.2. The van der Waals surface area contributed by atoms with E-state index in [-0.39, 0.29) is 28.3 Å².